The summed E-state index contributed by atoms with van der Waals surface area (Å²) in [6, 6.07) is 16.3. The summed E-state index contributed by atoms with van der Waals surface area (Å²) in [7, 11) is 0. The van der Waals surface area contributed by atoms with Crippen molar-refractivity contribution in [3.8, 4) is 5.75 Å². The van der Waals surface area contributed by atoms with Crippen molar-refractivity contribution in [3.63, 3.8) is 0 Å². The Morgan fingerprint density at radius 2 is 1.85 bits per heavy atom. The standard InChI is InChI=1S/C22H24N2O2/c1-16-6-8-18(9-7-16)26-19-10-12-24(13-11-19)22(25)14-17-15-23-21-5-3-2-4-20(17)21/h2-9,15,19,23H,10-14H2,1H3. The first-order chi connectivity index (χ1) is 12.7. The Hall–Kier alpha value is -2.75. The minimum absolute atomic E-state index is 0.190. The molecule has 1 amide bonds. The summed E-state index contributed by atoms with van der Waals surface area (Å²) in [6.07, 6.45) is 4.36. The Morgan fingerprint density at radius 1 is 1.12 bits per heavy atom. The number of carbonyl (C=O) groups is 1. The van der Waals surface area contributed by atoms with Gasteiger partial charge in [-0.2, -0.15) is 0 Å². The summed E-state index contributed by atoms with van der Waals surface area (Å²) in [6.45, 7) is 3.59. The van der Waals surface area contributed by atoms with E-state index < -0.39 is 0 Å². The van der Waals surface area contributed by atoms with E-state index in [1.165, 1.54) is 5.56 Å². The van der Waals surface area contributed by atoms with Crippen LogP contribution in [-0.2, 0) is 11.2 Å². The van der Waals surface area contributed by atoms with Crippen LogP contribution >= 0.6 is 0 Å². The molecule has 2 heterocycles. The third kappa shape index (κ3) is 3.59. The van der Waals surface area contributed by atoms with E-state index in [1.807, 2.05) is 41.4 Å². The predicted octanol–water partition coefficient (Wildman–Crippen LogP) is 4.09. The zero-order valence-corrected chi connectivity index (χ0v) is 15.1. The molecule has 4 nitrogen and oxygen atoms in total. The number of ether oxygens (including phenoxy) is 1. The van der Waals surface area contributed by atoms with E-state index in [4.69, 9.17) is 4.74 Å². The molecule has 0 spiro atoms. The van der Waals surface area contributed by atoms with Gasteiger partial charge in [-0.15, -0.1) is 0 Å². The smallest absolute Gasteiger partial charge is 0.227 e. The molecule has 1 aromatic heterocycles. The number of aromatic nitrogens is 1. The number of nitrogens with one attached hydrogen (secondary N) is 1. The van der Waals surface area contributed by atoms with Crippen LogP contribution in [0.1, 0.15) is 24.0 Å². The van der Waals surface area contributed by atoms with Crippen LogP contribution in [0.2, 0.25) is 0 Å². The van der Waals surface area contributed by atoms with E-state index >= 15 is 0 Å². The third-order valence-corrected chi connectivity index (χ3v) is 5.14. The lowest BCUT2D eigenvalue weighted by Gasteiger charge is -2.32. The van der Waals surface area contributed by atoms with Gasteiger partial charge >= 0.3 is 0 Å². The number of benzene rings is 2. The van der Waals surface area contributed by atoms with Gasteiger partial charge in [0.15, 0.2) is 0 Å². The van der Waals surface area contributed by atoms with Gasteiger partial charge in [0.2, 0.25) is 5.91 Å². The number of aromatic amines is 1. The number of fused-ring (bicyclic) bond motifs is 1. The Bertz CT molecular complexity index is 890. The summed E-state index contributed by atoms with van der Waals surface area (Å²) in [5, 5.41) is 1.14. The lowest BCUT2D eigenvalue weighted by molar-refractivity contribution is -0.132. The average molecular weight is 348 g/mol. The Balaban J connectivity index is 1.32. The maximum absolute atomic E-state index is 12.7. The second kappa shape index (κ2) is 7.24. The largest absolute Gasteiger partial charge is 0.490 e. The molecule has 3 aromatic rings. The van der Waals surface area contributed by atoms with Crippen LogP contribution in [0.4, 0.5) is 0 Å². The molecule has 1 aliphatic rings. The summed E-state index contributed by atoms with van der Waals surface area (Å²) in [5.41, 5.74) is 3.39. The number of rotatable bonds is 4. The fourth-order valence-corrected chi connectivity index (χ4v) is 3.58. The van der Waals surface area contributed by atoms with Crippen LogP contribution in [0, 0.1) is 6.92 Å². The van der Waals surface area contributed by atoms with Crippen molar-refractivity contribution in [1.29, 1.82) is 0 Å². The van der Waals surface area contributed by atoms with Gasteiger partial charge in [-0.3, -0.25) is 4.79 Å². The number of aryl methyl sites for hydroxylation is 1. The fourth-order valence-electron chi connectivity index (χ4n) is 3.58. The van der Waals surface area contributed by atoms with E-state index in [9.17, 15) is 4.79 Å². The number of hydrogen-bond acceptors (Lipinski definition) is 2. The lowest BCUT2D eigenvalue weighted by Crippen LogP contribution is -2.42. The number of carbonyl (C=O) groups excluding carboxylic acids is 1. The number of amides is 1. The first-order valence-electron chi connectivity index (χ1n) is 9.25. The normalized spacial score (nSPS) is 15.3. The highest BCUT2D eigenvalue weighted by Crippen LogP contribution is 2.22. The SMILES string of the molecule is Cc1ccc(OC2CCN(C(=O)Cc3c[nH]c4ccccc34)CC2)cc1. The van der Waals surface area contributed by atoms with Crippen molar-refractivity contribution in [1.82, 2.24) is 9.88 Å². The van der Waals surface area contributed by atoms with Crippen molar-refractivity contribution in [2.24, 2.45) is 0 Å². The Labute approximate surface area is 153 Å². The molecule has 2 aromatic carbocycles. The van der Waals surface area contributed by atoms with E-state index in [0.717, 1.165) is 48.1 Å². The van der Waals surface area contributed by atoms with E-state index in [2.05, 4.69) is 30.1 Å². The molecule has 1 saturated heterocycles. The molecule has 134 valence electrons. The molecule has 0 bridgehead atoms. The Morgan fingerprint density at radius 3 is 2.62 bits per heavy atom. The number of para-hydroxylation sites is 1. The van der Waals surface area contributed by atoms with Crippen LogP contribution in [-0.4, -0.2) is 35.0 Å². The van der Waals surface area contributed by atoms with Crippen molar-refractivity contribution in [2.75, 3.05) is 13.1 Å². The number of piperidine rings is 1. The number of hydrogen-bond donors (Lipinski definition) is 1. The van der Waals surface area contributed by atoms with Gasteiger partial charge in [-0.25, -0.2) is 0 Å². The third-order valence-electron chi connectivity index (χ3n) is 5.14. The van der Waals surface area contributed by atoms with Gasteiger partial charge < -0.3 is 14.6 Å². The van der Waals surface area contributed by atoms with Crippen molar-refractivity contribution >= 4 is 16.8 Å². The summed E-state index contributed by atoms with van der Waals surface area (Å²) in [5.74, 6) is 1.11. The minimum atomic E-state index is 0.190. The van der Waals surface area contributed by atoms with Gasteiger partial charge in [-0.1, -0.05) is 35.9 Å². The molecule has 26 heavy (non-hydrogen) atoms. The van der Waals surface area contributed by atoms with Gasteiger partial charge in [0.05, 0.1) is 6.42 Å². The highest BCUT2D eigenvalue weighted by Gasteiger charge is 2.24. The molecule has 0 atom stereocenters. The van der Waals surface area contributed by atoms with Crippen molar-refractivity contribution in [2.45, 2.75) is 32.3 Å². The summed E-state index contributed by atoms with van der Waals surface area (Å²) < 4.78 is 6.06. The summed E-state index contributed by atoms with van der Waals surface area (Å²) in [4.78, 5) is 17.9. The van der Waals surface area contributed by atoms with Crippen LogP contribution in [0.25, 0.3) is 10.9 Å². The van der Waals surface area contributed by atoms with Gasteiger partial charge in [0.25, 0.3) is 0 Å². The zero-order chi connectivity index (χ0) is 17.9. The maximum atomic E-state index is 12.7. The van der Waals surface area contributed by atoms with Crippen molar-refractivity contribution < 1.29 is 9.53 Å². The van der Waals surface area contributed by atoms with Crippen LogP contribution in [0.5, 0.6) is 5.75 Å². The second-order valence-electron chi connectivity index (χ2n) is 7.05. The second-order valence-corrected chi connectivity index (χ2v) is 7.05. The van der Waals surface area contributed by atoms with Crippen LogP contribution < -0.4 is 4.74 Å². The molecule has 4 rings (SSSR count). The molecule has 1 fully saturated rings. The average Bonchev–Trinajstić information content (AvgIpc) is 3.07. The van der Waals surface area contributed by atoms with E-state index in [-0.39, 0.29) is 12.0 Å². The highest BCUT2D eigenvalue weighted by atomic mass is 16.5. The van der Waals surface area contributed by atoms with E-state index in [1.54, 1.807) is 0 Å². The van der Waals surface area contributed by atoms with Crippen LogP contribution in [0.15, 0.2) is 54.7 Å². The lowest BCUT2D eigenvalue weighted by atomic mass is 10.1. The highest BCUT2D eigenvalue weighted by molar-refractivity contribution is 5.88. The molecular weight excluding hydrogens is 324 g/mol. The molecule has 0 radical (unpaired) electrons. The first-order valence-corrected chi connectivity index (χ1v) is 9.25. The van der Waals surface area contributed by atoms with Crippen LogP contribution in [0.3, 0.4) is 0 Å². The first kappa shape index (κ1) is 16.7. The number of nitrogens with zero attached hydrogens (tertiary/aromatic N) is 1. The van der Waals surface area contributed by atoms with E-state index in [0.29, 0.717) is 6.42 Å². The predicted molar refractivity (Wildman–Crippen MR) is 103 cm³/mol. The molecule has 1 N–H and O–H groups in total. The molecular formula is C22H24N2O2. The Kier molecular flexibility index (Phi) is 4.65. The topological polar surface area (TPSA) is 45.3 Å². The molecule has 0 unspecified atom stereocenters. The van der Waals surface area contributed by atoms with Gasteiger partial charge in [0.1, 0.15) is 11.9 Å². The monoisotopic (exact) mass is 348 g/mol. The number of H-pyrrole nitrogens is 1. The number of likely N-dealkylation sites (tertiary alicyclic amines) is 1. The summed E-state index contributed by atoms with van der Waals surface area (Å²) >= 11 is 0. The van der Waals surface area contributed by atoms with Crippen molar-refractivity contribution in [3.05, 3.63) is 65.9 Å². The van der Waals surface area contributed by atoms with Gasteiger partial charge in [0, 0.05) is 43.0 Å². The maximum Gasteiger partial charge on any atom is 0.227 e. The molecule has 0 aliphatic carbocycles. The van der Waals surface area contributed by atoms with Gasteiger partial charge in [-0.05, 0) is 30.7 Å². The quantitative estimate of drug-likeness (QED) is 0.772. The zero-order valence-electron chi connectivity index (χ0n) is 15.1. The molecule has 0 saturated carbocycles. The molecule has 4 heteroatoms. The molecule has 1 aliphatic heterocycles. The fraction of sp³-hybridized carbons (Fsp3) is 0.318. The minimum Gasteiger partial charge on any atom is -0.490 e.